The van der Waals surface area contributed by atoms with Crippen LogP contribution in [0, 0.1) is 0 Å². The smallest absolute Gasteiger partial charge is 0.227 e. The number of rotatable bonds is 5. The lowest BCUT2D eigenvalue weighted by molar-refractivity contribution is -0.136. The first-order valence-electron chi connectivity index (χ1n) is 9.95. The Morgan fingerprint density at radius 1 is 0.964 bits per heavy atom. The molecular formula is C22H26N2O2S2. The number of carbonyl (C=O) groups is 2. The second-order valence-corrected chi connectivity index (χ2v) is 9.95. The molecule has 0 saturated carbocycles. The summed E-state index contributed by atoms with van der Waals surface area (Å²) >= 11 is 3.55. The van der Waals surface area contributed by atoms with E-state index in [2.05, 4.69) is 17.0 Å². The molecule has 2 aliphatic rings. The fraction of sp³-hybridized carbons (Fsp3) is 0.455. The number of nitrogens with zero attached hydrogens (tertiary/aromatic N) is 2. The van der Waals surface area contributed by atoms with E-state index >= 15 is 0 Å². The Morgan fingerprint density at radius 3 is 2.46 bits per heavy atom. The van der Waals surface area contributed by atoms with Gasteiger partial charge >= 0.3 is 0 Å². The molecule has 0 N–H and O–H groups in total. The summed E-state index contributed by atoms with van der Waals surface area (Å²) < 4.78 is 0. The summed E-state index contributed by atoms with van der Waals surface area (Å²) in [6.07, 6.45) is 3.61. The van der Waals surface area contributed by atoms with Crippen LogP contribution in [-0.4, -0.2) is 51.9 Å². The molecule has 2 fully saturated rings. The van der Waals surface area contributed by atoms with E-state index in [9.17, 15) is 9.59 Å². The Kier molecular flexibility index (Phi) is 6.07. The van der Waals surface area contributed by atoms with E-state index in [1.54, 1.807) is 11.3 Å². The van der Waals surface area contributed by atoms with Crippen LogP contribution in [0.15, 0.2) is 47.8 Å². The van der Waals surface area contributed by atoms with Gasteiger partial charge in [0.05, 0.1) is 11.3 Å². The second-order valence-electron chi connectivity index (χ2n) is 7.46. The van der Waals surface area contributed by atoms with Crippen molar-refractivity contribution in [3.63, 3.8) is 0 Å². The number of thiophene rings is 1. The van der Waals surface area contributed by atoms with Crippen LogP contribution >= 0.6 is 23.1 Å². The molecule has 3 heterocycles. The van der Waals surface area contributed by atoms with Crippen LogP contribution in [0.3, 0.4) is 0 Å². The Hall–Kier alpha value is -1.79. The Labute approximate surface area is 174 Å². The Balaban J connectivity index is 1.33. The van der Waals surface area contributed by atoms with Crippen molar-refractivity contribution >= 4 is 34.9 Å². The van der Waals surface area contributed by atoms with Crippen LogP contribution < -0.4 is 0 Å². The minimum Gasteiger partial charge on any atom is -0.342 e. The highest BCUT2D eigenvalue weighted by molar-refractivity contribution is 8.00. The summed E-state index contributed by atoms with van der Waals surface area (Å²) in [5.74, 6) is 1.47. The SMILES string of the molecule is O=C(Cc1cccs1)N1CCC2(CC1)SCCN2C(=O)CCc1ccccc1. The van der Waals surface area contributed by atoms with Gasteiger partial charge in [-0.3, -0.25) is 9.59 Å². The third kappa shape index (κ3) is 4.28. The van der Waals surface area contributed by atoms with Crippen molar-refractivity contribution in [2.45, 2.75) is 37.0 Å². The molecular weight excluding hydrogens is 388 g/mol. The van der Waals surface area contributed by atoms with Crippen molar-refractivity contribution in [2.24, 2.45) is 0 Å². The first-order valence-corrected chi connectivity index (χ1v) is 11.8. The van der Waals surface area contributed by atoms with Gasteiger partial charge in [-0.1, -0.05) is 36.4 Å². The molecule has 4 rings (SSSR count). The van der Waals surface area contributed by atoms with E-state index in [-0.39, 0.29) is 16.7 Å². The number of likely N-dealkylation sites (tertiary alicyclic amines) is 1. The average molecular weight is 415 g/mol. The third-order valence-corrected chi connectivity index (χ3v) is 8.18. The zero-order chi connectivity index (χ0) is 19.4. The zero-order valence-electron chi connectivity index (χ0n) is 16.0. The van der Waals surface area contributed by atoms with E-state index in [4.69, 9.17) is 0 Å². The molecule has 2 aromatic rings. The van der Waals surface area contributed by atoms with Gasteiger partial charge in [-0.25, -0.2) is 0 Å². The van der Waals surface area contributed by atoms with Crippen molar-refractivity contribution in [1.82, 2.24) is 9.80 Å². The topological polar surface area (TPSA) is 40.6 Å². The van der Waals surface area contributed by atoms with Gasteiger partial charge in [-0.15, -0.1) is 23.1 Å². The second kappa shape index (κ2) is 8.70. The zero-order valence-corrected chi connectivity index (χ0v) is 17.6. The highest BCUT2D eigenvalue weighted by Gasteiger charge is 2.46. The normalized spacial score (nSPS) is 18.6. The first kappa shape index (κ1) is 19.5. The van der Waals surface area contributed by atoms with Crippen LogP contribution in [0.4, 0.5) is 0 Å². The molecule has 0 atom stereocenters. The number of carbonyl (C=O) groups excluding carboxylic acids is 2. The highest BCUT2D eigenvalue weighted by atomic mass is 32.2. The van der Waals surface area contributed by atoms with Crippen LogP contribution in [0.25, 0.3) is 0 Å². The number of piperidine rings is 1. The fourth-order valence-corrected chi connectivity index (χ4v) is 6.36. The molecule has 4 nitrogen and oxygen atoms in total. The van der Waals surface area contributed by atoms with E-state index in [1.807, 2.05) is 52.4 Å². The molecule has 2 aliphatic heterocycles. The van der Waals surface area contributed by atoms with Gasteiger partial charge in [0.2, 0.25) is 11.8 Å². The van der Waals surface area contributed by atoms with Crippen molar-refractivity contribution in [1.29, 1.82) is 0 Å². The molecule has 0 radical (unpaired) electrons. The maximum Gasteiger partial charge on any atom is 0.227 e. The molecule has 0 unspecified atom stereocenters. The van der Waals surface area contributed by atoms with E-state index in [1.165, 1.54) is 5.56 Å². The largest absolute Gasteiger partial charge is 0.342 e. The van der Waals surface area contributed by atoms with Gasteiger partial charge in [0, 0.05) is 36.7 Å². The van der Waals surface area contributed by atoms with Gasteiger partial charge in [0.25, 0.3) is 0 Å². The predicted molar refractivity (Wildman–Crippen MR) is 116 cm³/mol. The molecule has 1 aromatic carbocycles. The van der Waals surface area contributed by atoms with Crippen molar-refractivity contribution in [3.05, 3.63) is 58.3 Å². The van der Waals surface area contributed by atoms with Crippen LogP contribution in [0.1, 0.15) is 29.7 Å². The van der Waals surface area contributed by atoms with Crippen molar-refractivity contribution in [2.75, 3.05) is 25.4 Å². The average Bonchev–Trinajstić information content (AvgIpc) is 3.38. The van der Waals surface area contributed by atoms with Crippen molar-refractivity contribution in [3.8, 4) is 0 Å². The molecule has 148 valence electrons. The highest BCUT2D eigenvalue weighted by Crippen LogP contribution is 2.44. The minimum absolute atomic E-state index is 0.104. The summed E-state index contributed by atoms with van der Waals surface area (Å²) in [6, 6.07) is 14.2. The quantitative estimate of drug-likeness (QED) is 0.747. The molecule has 2 saturated heterocycles. The number of amides is 2. The summed E-state index contributed by atoms with van der Waals surface area (Å²) in [4.78, 5) is 30.7. The monoisotopic (exact) mass is 414 g/mol. The van der Waals surface area contributed by atoms with Gasteiger partial charge in [-0.2, -0.15) is 0 Å². The predicted octanol–water partition coefficient (Wildman–Crippen LogP) is 3.82. The number of aryl methyl sites for hydroxylation is 1. The molecule has 0 bridgehead atoms. The van der Waals surface area contributed by atoms with Crippen LogP contribution in [-0.2, 0) is 22.4 Å². The number of hydrogen-bond acceptors (Lipinski definition) is 4. The van der Waals surface area contributed by atoms with E-state index < -0.39 is 0 Å². The summed E-state index contributed by atoms with van der Waals surface area (Å²) in [5, 5.41) is 2.02. The molecule has 0 aliphatic carbocycles. The van der Waals surface area contributed by atoms with Crippen LogP contribution in [0.2, 0.25) is 0 Å². The lowest BCUT2D eigenvalue weighted by atomic mass is 10.0. The lowest BCUT2D eigenvalue weighted by Gasteiger charge is -2.44. The maximum absolute atomic E-state index is 13.0. The molecule has 1 aromatic heterocycles. The van der Waals surface area contributed by atoms with Crippen molar-refractivity contribution < 1.29 is 9.59 Å². The Morgan fingerprint density at radius 2 is 1.75 bits per heavy atom. The number of hydrogen-bond donors (Lipinski definition) is 0. The standard InChI is InChI=1S/C22H26N2O2S2/c25-20(9-8-18-5-2-1-3-6-18)24-14-16-28-22(24)10-12-23(13-11-22)21(26)17-19-7-4-15-27-19/h1-7,15H,8-14,16-17H2. The third-order valence-electron chi connectivity index (χ3n) is 5.75. The molecule has 2 amide bonds. The maximum atomic E-state index is 13.0. The molecule has 6 heteroatoms. The minimum atomic E-state index is -0.104. The number of benzene rings is 1. The summed E-state index contributed by atoms with van der Waals surface area (Å²) in [5.41, 5.74) is 1.21. The van der Waals surface area contributed by atoms with Gasteiger partial charge in [0.1, 0.15) is 0 Å². The summed E-state index contributed by atoms with van der Waals surface area (Å²) in [7, 11) is 0. The van der Waals surface area contributed by atoms with E-state index in [0.717, 1.165) is 49.5 Å². The molecule has 1 spiro atoms. The van der Waals surface area contributed by atoms with Crippen LogP contribution in [0.5, 0.6) is 0 Å². The Bertz CT molecular complexity index is 799. The summed E-state index contributed by atoms with van der Waals surface area (Å²) in [6.45, 7) is 2.33. The number of thioether (sulfide) groups is 1. The van der Waals surface area contributed by atoms with Gasteiger partial charge in [-0.05, 0) is 36.3 Å². The van der Waals surface area contributed by atoms with E-state index in [0.29, 0.717) is 12.8 Å². The fourth-order valence-electron chi connectivity index (χ4n) is 4.19. The lowest BCUT2D eigenvalue weighted by Crippen LogP contribution is -2.53. The molecule has 28 heavy (non-hydrogen) atoms. The van der Waals surface area contributed by atoms with Gasteiger partial charge < -0.3 is 9.80 Å². The first-order chi connectivity index (χ1) is 13.7. The van der Waals surface area contributed by atoms with Gasteiger partial charge in [0.15, 0.2) is 0 Å².